The quantitative estimate of drug-likeness (QED) is 0.828. The van der Waals surface area contributed by atoms with Crippen LogP contribution < -0.4 is 4.74 Å². The molecule has 0 aliphatic carbocycles. The molecule has 1 aromatic heterocycles. The molecular weight excluding hydrogens is 190 g/mol. The second kappa shape index (κ2) is 4.57. The first-order valence-electron chi connectivity index (χ1n) is 4.68. The highest BCUT2D eigenvalue weighted by Gasteiger charge is 2.02. The fourth-order valence-electron chi connectivity index (χ4n) is 1.25. The van der Waals surface area contributed by atoms with Gasteiger partial charge in [0.2, 0.25) is 5.88 Å². The predicted octanol–water partition coefficient (Wildman–Crippen LogP) is 2.37. The highest BCUT2D eigenvalue weighted by molar-refractivity contribution is 5.35. The van der Waals surface area contributed by atoms with E-state index >= 15 is 0 Å². The molecule has 15 heavy (non-hydrogen) atoms. The number of nitrogens with zero attached hydrogens (tertiary/aromatic N) is 1. The van der Waals surface area contributed by atoms with Gasteiger partial charge in [0.15, 0.2) is 0 Å². The molecule has 0 unspecified atom stereocenters. The Labute approximate surface area is 88.0 Å². The summed E-state index contributed by atoms with van der Waals surface area (Å²) in [5.74, 6) is 1.16. The van der Waals surface area contributed by atoms with Crippen LogP contribution in [0.5, 0.6) is 11.6 Å². The summed E-state index contributed by atoms with van der Waals surface area (Å²) in [5, 5.41) is 9.10. The van der Waals surface area contributed by atoms with E-state index in [1.54, 1.807) is 18.3 Å². The van der Waals surface area contributed by atoms with Gasteiger partial charge >= 0.3 is 0 Å². The first-order chi connectivity index (χ1) is 7.40. The number of ether oxygens (including phenoxy) is 1. The second-order valence-electron chi connectivity index (χ2n) is 3.04. The van der Waals surface area contributed by atoms with Gasteiger partial charge in [-0.25, -0.2) is 4.98 Å². The molecular formula is C12H11NO2. The average molecular weight is 201 g/mol. The van der Waals surface area contributed by atoms with E-state index in [1.165, 1.54) is 0 Å². The van der Waals surface area contributed by atoms with Crippen LogP contribution in [0.2, 0.25) is 0 Å². The first-order valence-corrected chi connectivity index (χ1v) is 4.68. The molecule has 0 saturated heterocycles. The van der Waals surface area contributed by atoms with Gasteiger partial charge in [-0.2, -0.15) is 0 Å². The van der Waals surface area contributed by atoms with Crippen molar-refractivity contribution in [3.8, 4) is 11.6 Å². The molecule has 0 spiro atoms. The van der Waals surface area contributed by atoms with E-state index in [4.69, 9.17) is 9.84 Å². The van der Waals surface area contributed by atoms with Gasteiger partial charge in [-0.05, 0) is 12.1 Å². The number of aliphatic hydroxyl groups is 1. The third-order valence-electron chi connectivity index (χ3n) is 2.00. The summed E-state index contributed by atoms with van der Waals surface area (Å²) < 4.78 is 5.53. The largest absolute Gasteiger partial charge is 0.439 e. The van der Waals surface area contributed by atoms with Crippen LogP contribution in [0.4, 0.5) is 0 Å². The molecule has 0 radical (unpaired) electrons. The summed E-state index contributed by atoms with van der Waals surface area (Å²) in [7, 11) is 0. The fraction of sp³-hybridized carbons (Fsp3) is 0.0833. The Morgan fingerprint density at radius 1 is 1.07 bits per heavy atom. The Morgan fingerprint density at radius 2 is 1.87 bits per heavy atom. The number of aromatic nitrogens is 1. The number of rotatable bonds is 3. The van der Waals surface area contributed by atoms with Crippen LogP contribution in [0.1, 0.15) is 5.56 Å². The van der Waals surface area contributed by atoms with Gasteiger partial charge in [-0.3, -0.25) is 0 Å². The first kappa shape index (κ1) is 9.68. The van der Waals surface area contributed by atoms with Gasteiger partial charge in [-0.15, -0.1) is 0 Å². The molecule has 2 rings (SSSR count). The monoisotopic (exact) mass is 201 g/mol. The van der Waals surface area contributed by atoms with Crippen LogP contribution >= 0.6 is 0 Å². The van der Waals surface area contributed by atoms with E-state index in [1.807, 2.05) is 30.3 Å². The van der Waals surface area contributed by atoms with Gasteiger partial charge in [0.1, 0.15) is 5.75 Å². The van der Waals surface area contributed by atoms with Gasteiger partial charge in [0.25, 0.3) is 0 Å². The zero-order valence-corrected chi connectivity index (χ0v) is 8.13. The summed E-state index contributed by atoms with van der Waals surface area (Å²) in [6, 6.07) is 12.8. The van der Waals surface area contributed by atoms with Crippen LogP contribution in [0.3, 0.4) is 0 Å². The summed E-state index contributed by atoms with van der Waals surface area (Å²) in [4.78, 5) is 4.05. The van der Waals surface area contributed by atoms with E-state index in [-0.39, 0.29) is 6.61 Å². The Hall–Kier alpha value is -1.87. The van der Waals surface area contributed by atoms with Gasteiger partial charge in [-0.1, -0.05) is 24.3 Å². The molecule has 1 heterocycles. The Bertz CT molecular complexity index is 429. The van der Waals surface area contributed by atoms with Gasteiger partial charge < -0.3 is 9.84 Å². The molecule has 0 aliphatic heterocycles. The summed E-state index contributed by atoms with van der Waals surface area (Å²) in [6.45, 7) is -0.0387. The Balaban J connectivity index is 2.24. The van der Waals surface area contributed by atoms with Crippen molar-refractivity contribution in [1.82, 2.24) is 4.98 Å². The lowest BCUT2D eigenvalue weighted by Crippen LogP contribution is -1.92. The molecule has 1 aromatic carbocycles. The topological polar surface area (TPSA) is 42.4 Å². The van der Waals surface area contributed by atoms with Crippen molar-refractivity contribution < 1.29 is 9.84 Å². The Morgan fingerprint density at radius 3 is 2.60 bits per heavy atom. The molecule has 3 nitrogen and oxygen atoms in total. The minimum Gasteiger partial charge on any atom is -0.439 e. The fourth-order valence-corrected chi connectivity index (χ4v) is 1.25. The molecule has 76 valence electrons. The lowest BCUT2D eigenvalue weighted by Gasteiger charge is -2.07. The number of aliphatic hydroxyl groups excluding tert-OH is 1. The van der Waals surface area contributed by atoms with Crippen molar-refractivity contribution >= 4 is 0 Å². The second-order valence-corrected chi connectivity index (χ2v) is 3.04. The molecule has 0 fully saturated rings. The third-order valence-corrected chi connectivity index (χ3v) is 2.00. The lowest BCUT2D eigenvalue weighted by atomic mass is 10.2. The summed E-state index contributed by atoms with van der Waals surface area (Å²) >= 11 is 0. The number of hydrogen-bond donors (Lipinski definition) is 1. The summed E-state index contributed by atoms with van der Waals surface area (Å²) in [6.07, 6.45) is 1.66. The van der Waals surface area contributed by atoms with Crippen molar-refractivity contribution in [3.05, 3.63) is 54.2 Å². The van der Waals surface area contributed by atoms with E-state index in [0.717, 1.165) is 5.56 Å². The molecule has 0 saturated carbocycles. The normalized spacial score (nSPS) is 9.93. The SMILES string of the molecule is OCc1ccccc1Oc1ccccn1. The number of hydrogen-bond acceptors (Lipinski definition) is 3. The highest BCUT2D eigenvalue weighted by atomic mass is 16.5. The molecule has 0 aliphatic rings. The molecule has 3 heteroatoms. The lowest BCUT2D eigenvalue weighted by molar-refractivity contribution is 0.276. The minimum atomic E-state index is -0.0387. The molecule has 1 N–H and O–H groups in total. The number of para-hydroxylation sites is 1. The van der Waals surface area contributed by atoms with Crippen molar-refractivity contribution in [2.75, 3.05) is 0 Å². The van der Waals surface area contributed by atoms with Crippen molar-refractivity contribution in [1.29, 1.82) is 0 Å². The van der Waals surface area contributed by atoms with Crippen LogP contribution in [0.25, 0.3) is 0 Å². The maximum Gasteiger partial charge on any atom is 0.219 e. The molecule has 0 atom stereocenters. The maximum atomic E-state index is 9.10. The van der Waals surface area contributed by atoms with Crippen molar-refractivity contribution in [3.63, 3.8) is 0 Å². The van der Waals surface area contributed by atoms with E-state index in [2.05, 4.69) is 4.98 Å². The van der Waals surface area contributed by atoms with Crippen molar-refractivity contribution in [2.45, 2.75) is 6.61 Å². The van der Waals surface area contributed by atoms with Crippen LogP contribution in [-0.2, 0) is 6.61 Å². The van der Waals surface area contributed by atoms with Gasteiger partial charge in [0, 0.05) is 17.8 Å². The highest BCUT2D eigenvalue weighted by Crippen LogP contribution is 2.23. The third kappa shape index (κ3) is 2.33. The van der Waals surface area contributed by atoms with Crippen LogP contribution in [0, 0.1) is 0 Å². The van der Waals surface area contributed by atoms with Crippen LogP contribution in [-0.4, -0.2) is 10.1 Å². The maximum absolute atomic E-state index is 9.10. The number of pyridine rings is 1. The van der Waals surface area contributed by atoms with Gasteiger partial charge in [0.05, 0.1) is 6.61 Å². The van der Waals surface area contributed by atoms with E-state index in [9.17, 15) is 0 Å². The molecule has 0 bridgehead atoms. The average Bonchev–Trinajstić information content (AvgIpc) is 2.31. The molecule has 0 amide bonds. The zero-order chi connectivity index (χ0) is 10.5. The van der Waals surface area contributed by atoms with E-state index in [0.29, 0.717) is 11.6 Å². The smallest absolute Gasteiger partial charge is 0.219 e. The zero-order valence-electron chi connectivity index (χ0n) is 8.13. The standard InChI is InChI=1S/C12H11NO2/c14-9-10-5-1-2-6-11(10)15-12-7-3-4-8-13-12/h1-8,14H,9H2. The number of benzene rings is 1. The van der Waals surface area contributed by atoms with Crippen molar-refractivity contribution in [2.24, 2.45) is 0 Å². The predicted molar refractivity (Wildman–Crippen MR) is 56.7 cm³/mol. The van der Waals surface area contributed by atoms with E-state index < -0.39 is 0 Å². The summed E-state index contributed by atoms with van der Waals surface area (Å²) in [5.41, 5.74) is 0.753. The minimum absolute atomic E-state index is 0.0387. The van der Waals surface area contributed by atoms with Crippen LogP contribution in [0.15, 0.2) is 48.7 Å². The molecule has 2 aromatic rings. The Kier molecular flexibility index (Phi) is 2.95.